The Morgan fingerprint density at radius 2 is 1.75 bits per heavy atom. The number of aromatic nitrogens is 1. The van der Waals surface area contributed by atoms with Crippen LogP contribution >= 0.6 is 34.8 Å². The van der Waals surface area contributed by atoms with Gasteiger partial charge in [-0.15, -0.1) is 0 Å². The second kappa shape index (κ2) is 7.84. The molecule has 1 aliphatic heterocycles. The van der Waals surface area contributed by atoms with Crippen molar-refractivity contribution in [2.75, 3.05) is 31.1 Å². The van der Waals surface area contributed by atoms with Gasteiger partial charge in [-0.05, 0) is 30.3 Å². The lowest BCUT2D eigenvalue weighted by atomic mass is 10.0. The first-order valence-electron chi connectivity index (χ1n) is 8.87. The van der Waals surface area contributed by atoms with Crippen molar-refractivity contribution in [1.82, 2.24) is 9.88 Å². The maximum absolute atomic E-state index is 12.1. The summed E-state index contributed by atoms with van der Waals surface area (Å²) in [6.45, 7) is 2.65. The van der Waals surface area contributed by atoms with E-state index in [-0.39, 0.29) is 0 Å². The van der Waals surface area contributed by atoms with E-state index in [2.05, 4.69) is 9.88 Å². The van der Waals surface area contributed by atoms with E-state index in [4.69, 9.17) is 34.8 Å². The molecule has 2 aromatic carbocycles. The number of halogens is 3. The van der Waals surface area contributed by atoms with E-state index in [0.29, 0.717) is 41.2 Å². The molecule has 2 N–H and O–H groups in total. The van der Waals surface area contributed by atoms with Crippen LogP contribution in [0, 0.1) is 0 Å². The van der Waals surface area contributed by atoms with Crippen LogP contribution in [0.5, 0.6) is 0 Å². The topological polar surface area (TPSA) is 59.6 Å². The SMILES string of the molecule is O=C(O)[C@@H](c1c[nH]c2cc(Cl)ccc12)N1CCN(c2ccc(Cl)c(Cl)c2)CC1. The number of fused-ring (bicyclic) bond motifs is 1. The van der Waals surface area contributed by atoms with E-state index < -0.39 is 12.0 Å². The van der Waals surface area contributed by atoms with E-state index in [9.17, 15) is 9.90 Å². The van der Waals surface area contributed by atoms with Crippen LogP contribution in [0.1, 0.15) is 11.6 Å². The molecule has 1 aliphatic rings. The largest absolute Gasteiger partial charge is 0.480 e. The van der Waals surface area contributed by atoms with Crippen molar-refractivity contribution in [1.29, 1.82) is 0 Å². The van der Waals surface area contributed by atoms with Gasteiger partial charge in [-0.3, -0.25) is 9.69 Å². The van der Waals surface area contributed by atoms with Gasteiger partial charge >= 0.3 is 5.97 Å². The molecule has 1 fully saturated rings. The van der Waals surface area contributed by atoms with Crippen LogP contribution in [0.25, 0.3) is 10.9 Å². The lowest BCUT2D eigenvalue weighted by Crippen LogP contribution is -2.49. The van der Waals surface area contributed by atoms with Crippen molar-refractivity contribution in [3.63, 3.8) is 0 Å². The molecule has 0 radical (unpaired) electrons. The van der Waals surface area contributed by atoms with Crippen LogP contribution in [-0.2, 0) is 4.79 Å². The smallest absolute Gasteiger partial charge is 0.325 e. The van der Waals surface area contributed by atoms with Gasteiger partial charge < -0.3 is 15.0 Å². The van der Waals surface area contributed by atoms with Gasteiger partial charge in [-0.2, -0.15) is 0 Å². The van der Waals surface area contributed by atoms with Gasteiger partial charge in [0, 0.05) is 59.6 Å². The number of carbonyl (C=O) groups is 1. The molecule has 8 heteroatoms. The number of piperazine rings is 1. The van der Waals surface area contributed by atoms with Crippen LogP contribution in [0.15, 0.2) is 42.6 Å². The quantitative estimate of drug-likeness (QED) is 0.596. The third kappa shape index (κ3) is 3.67. The molecule has 2 heterocycles. The number of aliphatic carboxylic acids is 1. The predicted octanol–water partition coefficient (Wildman–Crippen LogP) is 5.08. The molecule has 0 unspecified atom stereocenters. The highest BCUT2D eigenvalue weighted by atomic mass is 35.5. The van der Waals surface area contributed by atoms with Gasteiger partial charge in [-0.25, -0.2) is 0 Å². The summed E-state index contributed by atoms with van der Waals surface area (Å²) in [5, 5.41) is 12.5. The normalized spacial score (nSPS) is 16.5. The van der Waals surface area contributed by atoms with Crippen molar-refractivity contribution in [3.8, 4) is 0 Å². The Morgan fingerprint density at radius 1 is 1.00 bits per heavy atom. The number of anilines is 1. The van der Waals surface area contributed by atoms with Gasteiger partial charge in [0.1, 0.15) is 6.04 Å². The fraction of sp³-hybridized carbons (Fsp3) is 0.250. The standard InChI is InChI=1S/C20H18Cl3N3O2/c21-12-1-3-14-15(11-24-18(14)9-12)19(20(27)28)26-7-5-25(6-8-26)13-2-4-16(22)17(23)10-13/h1-4,9-11,19,24H,5-8H2,(H,27,28)/t19-/m1/s1. The third-order valence-corrected chi connectivity index (χ3v) is 6.13. The lowest BCUT2D eigenvalue weighted by molar-refractivity contribution is -0.143. The monoisotopic (exact) mass is 437 g/mol. The molecule has 28 heavy (non-hydrogen) atoms. The summed E-state index contributed by atoms with van der Waals surface area (Å²) in [7, 11) is 0. The number of H-pyrrole nitrogens is 1. The molecule has 4 rings (SSSR count). The molecule has 0 bridgehead atoms. The number of nitrogens with one attached hydrogen (secondary N) is 1. The minimum atomic E-state index is -0.862. The summed E-state index contributed by atoms with van der Waals surface area (Å²) >= 11 is 18.2. The first-order chi connectivity index (χ1) is 13.4. The van der Waals surface area contributed by atoms with Gasteiger partial charge in [0.05, 0.1) is 10.0 Å². The highest BCUT2D eigenvalue weighted by Gasteiger charge is 2.32. The summed E-state index contributed by atoms with van der Waals surface area (Å²) in [4.78, 5) is 19.4. The molecule has 1 saturated heterocycles. The maximum Gasteiger partial charge on any atom is 0.325 e. The van der Waals surface area contributed by atoms with E-state index in [1.54, 1.807) is 18.3 Å². The van der Waals surface area contributed by atoms with Gasteiger partial charge in [-0.1, -0.05) is 40.9 Å². The van der Waals surface area contributed by atoms with Crippen LogP contribution in [0.4, 0.5) is 5.69 Å². The van der Waals surface area contributed by atoms with Gasteiger partial charge in [0.15, 0.2) is 0 Å². The molecular formula is C20H18Cl3N3O2. The lowest BCUT2D eigenvalue weighted by Gasteiger charge is -2.38. The van der Waals surface area contributed by atoms with Crippen LogP contribution in [0.3, 0.4) is 0 Å². The number of hydrogen-bond donors (Lipinski definition) is 2. The van der Waals surface area contributed by atoms with Crippen molar-refractivity contribution in [3.05, 3.63) is 63.2 Å². The maximum atomic E-state index is 12.1. The number of carboxylic acid groups (broad SMARTS) is 1. The molecule has 3 aromatic rings. The minimum Gasteiger partial charge on any atom is -0.480 e. The number of hydrogen-bond acceptors (Lipinski definition) is 3. The minimum absolute atomic E-state index is 0.516. The van der Waals surface area contributed by atoms with E-state index in [1.165, 1.54) is 0 Å². The number of rotatable bonds is 4. The number of benzene rings is 2. The average Bonchev–Trinajstić information content (AvgIpc) is 3.07. The number of nitrogens with zero attached hydrogens (tertiary/aromatic N) is 2. The number of aromatic amines is 1. The van der Waals surface area contributed by atoms with E-state index >= 15 is 0 Å². The zero-order chi connectivity index (χ0) is 19.8. The highest BCUT2D eigenvalue weighted by Crippen LogP contribution is 2.32. The van der Waals surface area contributed by atoms with Crippen LogP contribution in [-0.4, -0.2) is 47.1 Å². The summed E-state index contributed by atoms with van der Waals surface area (Å²) in [6, 6.07) is 10.3. The Morgan fingerprint density at radius 3 is 2.43 bits per heavy atom. The summed E-state index contributed by atoms with van der Waals surface area (Å²) in [6.07, 6.45) is 1.77. The summed E-state index contributed by atoms with van der Waals surface area (Å²) in [5.41, 5.74) is 2.58. The van der Waals surface area contributed by atoms with Crippen molar-refractivity contribution < 1.29 is 9.90 Å². The molecule has 0 saturated carbocycles. The van der Waals surface area contributed by atoms with Crippen LogP contribution in [0.2, 0.25) is 15.1 Å². The van der Waals surface area contributed by atoms with Crippen LogP contribution < -0.4 is 4.90 Å². The third-order valence-electron chi connectivity index (χ3n) is 5.15. The second-order valence-electron chi connectivity index (χ2n) is 6.80. The fourth-order valence-corrected chi connectivity index (χ4v) is 4.22. The first-order valence-corrected chi connectivity index (χ1v) is 10.0. The molecule has 1 atom stereocenters. The zero-order valence-corrected chi connectivity index (χ0v) is 17.1. The molecule has 1 aromatic heterocycles. The Balaban J connectivity index is 1.55. The Hall–Kier alpha value is -1.92. The van der Waals surface area contributed by atoms with E-state index in [1.807, 2.05) is 29.2 Å². The summed E-state index contributed by atoms with van der Waals surface area (Å²) in [5.74, 6) is -0.862. The zero-order valence-electron chi connectivity index (χ0n) is 14.8. The van der Waals surface area contributed by atoms with Crippen molar-refractivity contribution in [2.45, 2.75) is 6.04 Å². The molecule has 5 nitrogen and oxygen atoms in total. The van der Waals surface area contributed by atoms with E-state index in [0.717, 1.165) is 22.2 Å². The summed E-state index contributed by atoms with van der Waals surface area (Å²) < 4.78 is 0. The van der Waals surface area contributed by atoms with Gasteiger partial charge in [0.25, 0.3) is 0 Å². The fourth-order valence-electron chi connectivity index (χ4n) is 3.75. The molecule has 146 valence electrons. The molecule has 0 amide bonds. The van der Waals surface area contributed by atoms with Crippen molar-refractivity contribution >= 4 is 57.4 Å². The Labute approximate surface area is 177 Å². The van der Waals surface area contributed by atoms with Gasteiger partial charge in [0.2, 0.25) is 0 Å². The number of carboxylic acids is 1. The molecule has 0 spiro atoms. The highest BCUT2D eigenvalue weighted by molar-refractivity contribution is 6.42. The Bertz CT molecular complexity index is 1030. The molecule has 0 aliphatic carbocycles. The average molecular weight is 439 g/mol. The second-order valence-corrected chi connectivity index (χ2v) is 8.05. The Kier molecular flexibility index (Phi) is 5.43. The van der Waals surface area contributed by atoms with Crippen molar-refractivity contribution in [2.24, 2.45) is 0 Å². The first kappa shape index (κ1) is 19.4. The molecular weight excluding hydrogens is 421 g/mol. The predicted molar refractivity (Wildman–Crippen MR) is 114 cm³/mol.